The number of ether oxygens (including phenoxy) is 1. The number of carbonyl (C=O) groups is 1. The molecule has 1 amide bonds. The second kappa shape index (κ2) is 13.4. The first-order chi connectivity index (χ1) is 21.3. The van der Waals surface area contributed by atoms with Crippen LogP contribution in [0.15, 0.2) is 60.7 Å². The van der Waals surface area contributed by atoms with Crippen LogP contribution in [0.5, 0.6) is 5.75 Å². The SMILES string of the molecule is Cc1cccc(CN(C(=O)C[C@@H]2C(c3ccc(CCCOc4c(F)ccc(F)c4Cl)cc3)=C[C@@H]3CNC[C@H]2N3)C2CC2)c1C. The molecule has 2 fully saturated rings. The summed E-state index contributed by atoms with van der Waals surface area (Å²) in [7, 11) is 0. The third kappa shape index (κ3) is 6.85. The summed E-state index contributed by atoms with van der Waals surface area (Å²) in [6, 6.07) is 17.6. The van der Waals surface area contributed by atoms with Gasteiger partial charge in [0.1, 0.15) is 10.8 Å². The summed E-state index contributed by atoms with van der Waals surface area (Å²) in [6.45, 7) is 6.87. The first-order valence-corrected chi connectivity index (χ1v) is 16.0. The molecular weight excluding hydrogens is 580 g/mol. The van der Waals surface area contributed by atoms with Crippen LogP contribution in [0.4, 0.5) is 8.78 Å². The maximum Gasteiger partial charge on any atom is 0.223 e. The van der Waals surface area contributed by atoms with E-state index in [0.717, 1.165) is 55.6 Å². The zero-order valence-electron chi connectivity index (χ0n) is 25.3. The van der Waals surface area contributed by atoms with Crippen LogP contribution in [0.25, 0.3) is 5.57 Å². The van der Waals surface area contributed by atoms with Crippen molar-refractivity contribution in [2.45, 2.75) is 70.6 Å². The van der Waals surface area contributed by atoms with Crippen molar-refractivity contribution in [2.75, 3.05) is 19.7 Å². The Morgan fingerprint density at radius 2 is 1.80 bits per heavy atom. The van der Waals surface area contributed by atoms with Crippen LogP contribution >= 0.6 is 11.6 Å². The number of benzene rings is 3. The second-order valence-electron chi connectivity index (χ2n) is 12.4. The molecule has 1 saturated carbocycles. The molecule has 0 aromatic heterocycles. The predicted molar refractivity (Wildman–Crippen MR) is 171 cm³/mol. The molecule has 3 atom stereocenters. The average molecular weight is 620 g/mol. The Labute approximate surface area is 263 Å². The molecule has 1 saturated heterocycles. The van der Waals surface area contributed by atoms with Gasteiger partial charge in [0.05, 0.1) is 6.61 Å². The fourth-order valence-corrected chi connectivity index (χ4v) is 6.71. The minimum Gasteiger partial charge on any atom is -0.489 e. The molecule has 2 N–H and O–H groups in total. The molecule has 0 unspecified atom stereocenters. The third-order valence-electron chi connectivity index (χ3n) is 9.33. The van der Waals surface area contributed by atoms with Gasteiger partial charge in [-0.15, -0.1) is 0 Å². The van der Waals surface area contributed by atoms with Crippen molar-refractivity contribution in [3.63, 3.8) is 0 Å². The molecule has 2 aliphatic heterocycles. The second-order valence-corrected chi connectivity index (χ2v) is 12.8. The quantitative estimate of drug-likeness (QED) is 0.184. The number of hydrogen-bond donors (Lipinski definition) is 2. The number of hydrogen-bond acceptors (Lipinski definition) is 4. The van der Waals surface area contributed by atoms with Crippen molar-refractivity contribution < 1.29 is 18.3 Å². The molecule has 2 bridgehead atoms. The van der Waals surface area contributed by atoms with Gasteiger partial charge in [0, 0.05) is 50.1 Å². The Morgan fingerprint density at radius 3 is 2.57 bits per heavy atom. The largest absolute Gasteiger partial charge is 0.489 e. The normalized spacial score (nSPS) is 21.1. The van der Waals surface area contributed by atoms with Gasteiger partial charge in [0.2, 0.25) is 5.91 Å². The van der Waals surface area contributed by atoms with Crippen LogP contribution in [-0.4, -0.2) is 48.6 Å². The molecule has 44 heavy (non-hydrogen) atoms. The minimum atomic E-state index is -0.701. The Kier molecular flexibility index (Phi) is 9.36. The fourth-order valence-electron chi connectivity index (χ4n) is 6.51. The van der Waals surface area contributed by atoms with Crippen LogP contribution in [0.3, 0.4) is 0 Å². The smallest absolute Gasteiger partial charge is 0.223 e. The number of piperazine rings is 1. The van der Waals surface area contributed by atoms with Crippen molar-refractivity contribution in [1.82, 2.24) is 15.5 Å². The average Bonchev–Trinajstić information content (AvgIpc) is 3.87. The number of carbonyl (C=O) groups excluding carboxylic acids is 1. The summed E-state index contributed by atoms with van der Waals surface area (Å²) in [5, 5.41) is 6.96. The van der Waals surface area contributed by atoms with Crippen molar-refractivity contribution in [2.24, 2.45) is 5.92 Å². The van der Waals surface area contributed by atoms with Gasteiger partial charge in [-0.1, -0.05) is 60.1 Å². The Hall–Kier alpha value is -3.26. The summed E-state index contributed by atoms with van der Waals surface area (Å²) in [6.07, 6.45) is 6.27. The fraction of sp³-hybridized carbons (Fsp3) is 0.417. The zero-order chi connectivity index (χ0) is 30.8. The topological polar surface area (TPSA) is 53.6 Å². The lowest BCUT2D eigenvalue weighted by atomic mass is 9.78. The summed E-state index contributed by atoms with van der Waals surface area (Å²) in [5.74, 6) is -1.32. The van der Waals surface area contributed by atoms with Gasteiger partial charge in [-0.05, 0) is 85.1 Å². The van der Waals surface area contributed by atoms with Gasteiger partial charge in [-0.3, -0.25) is 4.79 Å². The van der Waals surface area contributed by atoms with Gasteiger partial charge < -0.3 is 20.3 Å². The monoisotopic (exact) mass is 619 g/mol. The maximum absolute atomic E-state index is 14.0. The number of nitrogens with zero attached hydrogens (tertiary/aromatic N) is 1. The van der Waals surface area contributed by atoms with E-state index in [2.05, 4.69) is 77.9 Å². The molecule has 3 aromatic carbocycles. The standard InChI is InChI=1S/C36H40ClF2N3O2/c1-22-5-3-7-26(23(22)2)21-42(28-12-13-28)34(43)18-30-29(17-27-19-40-20-33(30)41-27)25-10-8-24(9-11-25)6-4-16-44-36-32(39)15-14-31(38)35(36)37/h3,5,7-11,14-15,17,27-28,30,33,40-41H,4,6,12-13,16,18-21H2,1-2H3/t27-,30-,33-/m1/s1. The lowest BCUT2D eigenvalue weighted by Gasteiger charge is -2.42. The summed E-state index contributed by atoms with van der Waals surface area (Å²) >= 11 is 5.87. The maximum atomic E-state index is 14.0. The molecule has 1 aliphatic carbocycles. The highest BCUT2D eigenvalue weighted by molar-refractivity contribution is 6.32. The lowest BCUT2D eigenvalue weighted by Crippen LogP contribution is -2.60. The number of amides is 1. The number of aryl methyl sites for hydroxylation is 2. The molecule has 0 spiro atoms. The van der Waals surface area contributed by atoms with Crippen LogP contribution in [-0.2, 0) is 17.8 Å². The molecule has 8 heteroatoms. The van der Waals surface area contributed by atoms with Crippen LogP contribution in [0.2, 0.25) is 5.02 Å². The van der Waals surface area contributed by atoms with Crippen molar-refractivity contribution >= 4 is 23.1 Å². The first kappa shape index (κ1) is 30.8. The lowest BCUT2D eigenvalue weighted by molar-refractivity contribution is -0.133. The van der Waals surface area contributed by atoms with E-state index in [1.165, 1.54) is 22.3 Å². The molecule has 232 valence electrons. The van der Waals surface area contributed by atoms with Gasteiger partial charge in [0.15, 0.2) is 11.6 Å². The van der Waals surface area contributed by atoms with Crippen molar-refractivity contribution in [1.29, 1.82) is 0 Å². The van der Waals surface area contributed by atoms with E-state index in [1.807, 2.05) is 0 Å². The molecule has 2 heterocycles. The number of halogens is 3. The Balaban J connectivity index is 1.13. The van der Waals surface area contributed by atoms with E-state index in [1.54, 1.807) is 0 Å². The molecule has 3 aliphatic rings. The van der Waals surface area contributed by atoms with E-state index in [0.29, 0.717) is 25.4 Å². The van der Waals surface area contributed by atoms with E-state index < -0.39 is 11.6 Å². The molecule has 3 aromatic rings. The van der Waals surface area contributed by atoms with E-state index >= 15 is 0 Å². The predicted octanol–water partition coefficient (Wildman–Crippen LogP) is 6.77. The van der Waals surface area contributed by atoms with E-state index in [9.17, 15) is 13.6 Å². The van der Waals surface area contributed by atoms with E-state index in [4.69, 9.17) is 16.3 Å². The highest BCUT2D eigenvalue weighted by Gasteiger charge is 2.39. The molecule has 5 nitrogen and oxygen atoms in total. The number of fused-ring (bicyclic) bond motifs is 2. The summed E-state index contributed by atoms with van der Waals surface area (Å²) < 4.78 is 33.1. The summed E-state index contributed by atoms with van der Waals surface area (Å²) in [5.41, 5.74) is 7.26. The van der Waals surface area contributed by atoms with E-state index in [-0.39, 0.29) is 41.3 Å². The third-order valence-corrected chi connectivity index (χ3v) is 9.68. The molecule has 0 radical (unpaired) electrons. The van der Waals surface area contributed by atoms with Gasteiger partial charge >= 0.3 is 0 Å². The van der Waals surface area contributed by atoms with Crippen molar-refractivity contribution in [3.8, 4) is 5.75 Å². The van der Waals surface area contributed by atoms with Crippen LogP contribution in [0, 0.1) is 31.4 Å². The Bertz CT molecular complexity index is 1540. The highest BCUT2D eigenvalue weighted by Crippen LogP contribution is 2.37. The first-order valence-electron chi connectivity index (χ1n) is 15.7. The molecular formula is C36H40ClF2N3O2. The molecule has 6 rings (SSSR count). The summed E-state index contributed by atoms with van der Waals surface area (Å²) in [4.78, 5) is 16.1. The zero-order valence-corrected chi connectivity index (χ0v) is 26.1. The van der Waals surface area contributed by atoms with Gasteiger partial charge in [-0.25, -0.2) is 8.78 Å². The minimum absolute atomic E-state index is 0.0663. The van der Waals surface area contributed by atoms with Crippen LogP contribution in [0.1, 0.15) is 53.5 Å². The number of rotatable bonds is 11. The van der Waals surface area contributed by atoms with Gasteiger partial charge in [0.25, 0.3) is 0 Å². The van der Waals surface area contributed by atoms with Gasteiger partial charge in [-0.2, -0.15) is 0 Å². The highest BCUT2D eigenvalue weighted by atomic mass is 35.5. The van der Waals surface area contributed by atoms with Crippen LogP contribution < -0.4 is 15.4 Å². The Morgan fingerprint density at radius 1 is 1.02 bits per heavy atom. The van der Waals surface area contributed by atoms with Crippen molar-refractivity contribution in [3.05, 3.63) is 105 Å². The number of nitrogens with one attached hydrogen (secondary N) is 2.